The highest BCUT2D eigenvalue weighted by atomic mass is 14.9. The number of fused-ring (bicyclic) bond motifs is 3. The average Bonchev–Trinajstić information content (AvgIpc) is 2.98. The van der Waals surface area contributed by atoms with Crippen LogP contribution in [0, 0.1) is 0 Å². The third-order valence-electron chi connectivity index (χ3n) is 6.86. The molecule has 0 radical (unpaired) electrons. The summed E-state index contributed by atoms with van der Waals surface area (Å²) in [5.41, 5.74) is 9.65. The summed E-state index contributed by atoms with van der Waals surface area (Å²) in [6, 6.07) is 24.6. The molecule has 0 bridgehead atoms. The Morgan fingerprint density at radius 2 is 1.39 bits per heavy atom. The Labute approximate surface area is 168 Å². The summed E-state index contributed by atoms with van der Waals surface area (Å²) in [6.07, 6.45) is 6.76. The van der Waals surface area contributed by atoms with Crippen LogP contribution in [0.2, 0.25) is 0 Å². The molecule has 1 nitrogen and oxygen atoms in total. The maximum Gasteiger partial charge on any atom is 0.0432 e. The predicted octanol–water partition coefficient (Wildman–Crippen LogP) is 7.78. The molecule has 142 valence electrons. The van der Waals surface area contributed by atoms with Gasteiger partial charge in [0, 0.05) is 16.8 Å². The van der Waals surface area contributed by atoms with Crippen molar-refractivity contribution in [1.29, 1.82) is 0 Å². The van der Waals surface area contributed by atoms with Crippen LogP contribution in [0.3, 0.4) is 0 Å². The lowest BCUT2D eigenvalue weighted by Gasteiger charge is -2.27. The van der Waals surface area contributed by atoms with E-state index in [9.17, 15) is 0 Å². The molecular weight excluding hydrogens is 338 g/mol. The molecule has 28 heavy (non-hydrogen) atoms. The molecule has 0 spiro atoms. The number of nitrogens with one attached hydrogen (secondary N) is 1. The summed E-state index contributed by atoms with van der Waals surface area (Å²) < 4.78 is 0. The van der Waals surface area contributed by atoms with E-state index >= 15 is 0 Å². The number of benzene rings is 3. The van der Waals surface area contributed by atoms with Crippen LogP contribution >= 0.6 is 0 Å². The molecule has 1 fully saturated rings. The van der Waals surface area contributed by atoms with Crippen LogP contribution in [0.4, 0.5) is 11.4 Å². The third-order valence-corrected chi connectivity index (χ3v) is 6.86. The molecule has 2 aliphatic rings. The second kappa shape index (κ2) is 6.81. The first kappa shape index (κ1) is 17.6. The van der Waals surface area contributed by atoms with Crippen LogP contribution in [0.1, 0.15) is 68.6 Å². The van der Waals surface area contributed by atoms with Gasteiger partial charge in [0.25, 0.3) is 0 Å². The van der Waals surface area contributed by atoms with Gasteiger partial charge >= 0.3 is 0 Å². The summed E-state index contributed by atoms with van der Waals surface area (Å²) in [5, 5.41) is 3.86. The van der Waals surface area contributed by atoms with E-state index in [0.717, 1.165) is 0 Å². The molecule has 1 saturated carbocycles. The highest BCUT2D eigenvalue weighted by Crippen LogP contribution is 2.52. The fourth-order valence-electron chi connectivity index (χ4n) is 5.48. The van der Waals surface area contributed by atoms with Crippen molar-refractivity contribution in [2.24, 2.45) is 0 Å². The number of hydrogen-bond donors (Lipinski definition) is 1. The monoisotopic (exact) mass is 367 g/mol. The van der Waals surface area contributed by atoms with E-state index < -0.39 is 0 Å². The van der Waals surface area contributed by atoms with Crippen LogP contribution in [0.15, 0.2) is 66.7 Å². The molecule has 2 aliphatic carbocycles. The third kappa shape index (κ3) is 2.76. The Hall–Kier alpha value is -2.54. The Bertz CT molecular complexity index is 1010. The predicted molar refractivity (Wildman–Crippen MR) is 120 cm³/mol. The van der Waals surface area contributed by atoms with Crippen LogP contribution in [-0.2, 0) is 5.41 Å². The largest absolute Gasteiger partial charge is 0.355 e. The van der Waals surface area contributed by atoms with Crippen LogP contribution in [-0.4, -0.2) is 0 Å². The van der Waals surface area contributed by atoms with Gasteiger partial charge in [-0.2, -0.15) is 0 Å². The number of anilines is 2. The number of rotatable bonds is 3. The molecule has 3 aromatic carbocycles. The lowest BCUT2D eigenvalue weighted by Crippen LogP contribution is -2.17. The minimum Gasteiger partial charge on any atom is -0.355 e. The summed E-state index contributed by atoms with van der Waals surface area (Å²) in [7, 11) is 0. The first-order valence-corrected chi connectivity index (χ1v) is 10.8. The van der Waals surface area contributed by atoms with Gasteiger partial charge in [-0.1, -0.05) is 87.7 Å². The fourth-order valence-corrected chi connectivity index (χ4v) is 5.48. The van der Waals surface area contributed by atoms with Gasteiger partial charge in [-0.05, 0) is 58.7 Å². The lowest BCUT2D eigenvalue weighted by atomic mass is 9.81. The molecule has 0 aliphatic heterocycles. The molecule has 0 heterocycles. The molecule has 1 N–H and O–H groups in total. The van der Waals surface area contributed by atoms with Gasteiger partial charge in [0.05, 0.1) is 0 Å². The minimum atomic E-state index is 0.00923. The topological polar surface area (TPSA) is 12.0 Å². The molecule has 0 aromatic heterocycles. The van der Waals surface area contributed by atoms with Crippen molar-refractivity contribution >= 4 is 11.4 Å². The Balaban J connectivity index is 1.58. The van der Waals surface area contributed by atoms with Gasteiger partial charge in [0.15, 0.2) is 0 Å². The highest BCUT2D eigenvalue weighted by molar-refractivity contribution is 5.87. The van der Waals surface area contributed by atoms with Crippen LogP contribution < -0.4 is 5.32 Å². The average molecular weight is 368 g/mol. The first-order chi connectivity index (χ1) is 13.7. The van der Waals surface area contributed by atoms with E-state index in [-0.39, 0.29) is 5.41 Å². The fraction of sp³-hybridized carbons (Fsp3) is 0.333. The Kier molecular flexibility index (Phi) is 4.27. The lowest BCUT2D eigenvalue weighted by molar-refractivity contribution is 0.444. The standard InChI is InChI=1S/C27H29N/c1-27(2)23-16-8-6-14-21(23)22-15-10-18-25(26(22)27)28-24-17-9-7-13-20(24)19-11-4-3-5-12-19/h6-10,13-19,28H,3-5,11-12H2,1-2H3. The van der Waals surface area contributed by atoms with E-state index in [0.29, 0.717) is 5.92 Å². The normalized spacial score (nSPS) is 17.8. The Morgan fingerprint density at radius 3 is 2.25 bits per heavy atom. The van der Waals surface area contributed by atoms with Gasteiger partial charge < -0.3 is 5.32 Å². The second-order valence-corrected chi connectivity index (χ2v) is 8.95. The minimum absolute atomic E-state index is 0.00923. The molecule has 0 unspecified atom stereocenters. The zero-order valence-corrected chi connectivity index (χ0v) is 17.0. The van der Waals surface area contributed by atoms with Gasteiger partial charge in [0.2, 0.25) is 0 Å². The zero-order valence-electron chi connectivity index (χ0n) is 17.0. The molecule has 0 amide bonds. The van der Waals surface area contributed by atoms with E-state index in [4.69, 9.17) is 0 Å². The molecular formula is C27H29N. The van der Waals surface area contributed by atoms with Crippen molar-refractivity contribution < 1.29 is 0 Å². The zero-order chi connectivity index (χ0) is 19.1. The summed E-state index contributed by atoms with van der Waals surface area (Å²) in [6.45, 7) is 4.71. The quantitative estimate of drug-likeness (QED) is 0.498. The van der Waals surface area contributed by atoms with Crippen molar-refractivity contribution in [1.82, 2.24) is 0 Å². The molecule has 1 heteroatoms. The van der Waals surface area contributed by atoms with Crippen molar-refractivity contribution in [3.8, 4) is 11.1 Å². The Morgan fingerprint density at radius 1 is 0.714 bits per heavy atom. The maximum atomic E-state index is 3.86. The van der Waals surface area contributed by atoms with E-state index in [1.54, 1.807) is 0 Å². The number of para-hydroxylation sites is 1. The van der Waals surface area contributed by atoms with Crippen LogP contribution in [0.25, 0.3) is 11.1 Å². The molecule has 0 saturated heterocycles. The smallest absolute Gasteiger partial charge is 0.0432 e. The maximum absolute atomic E-state index is 3.86. The van der Waals surface area contributed by atoms with Gasteiger partial charge in [-0.25, -0.2) is 0 Å². The SMILES string of the molecule is CC1(C)c2ccccc2-c2cccc(Nc3ccccc3C3CCCCC3)c21. The molecule has 5 rings (SSSR count). The van der Waals surface area contributed by atoms with E-state index in [1.807, 2.05) is 0 Å². The number of hydrogen-bond acceptors (Lipinski definition) is 1. The highest BCUT2D eigenvalue weighted by Gasteiger charge is 2.37. The van der Waals surface area contributed by atoms with Gasteiger partial charge in [0.1, 0.15) is 0 Å². The van der Waals surface area contributed by atoms with E-state index in [2.05, 4.69) is 85.9 Å². The summed E-state index contributed by atoms with van der Waals surface area (Å²) >= 11 is 0. The van der Waals surface area contributed by atoms with Crippen LogP contribution in [0.5, 0.6) is 0 Å². The summed E-state index contributed by atoms with van der Waals surface area (Å²) in [5.74, 6) is 0.694. The van der Waals surface area contributed by atoms with Crippen molar-refractivity contribution in [2.45, 2.75) is 57.3 Å². The second-order valence-electron chi connectivity index (χ2n) is 8.95. The van der Waals surface area contributed by atoms with Gasteiger partial charge in [-0.3, -0.25) is 0 Å². The molecule has 3 aromatic rings. The first-order valence-electron chi connectivity index (χ1n) is 10.8. The summed E-state index contributed by atoms with van der Waals surface area (Å²) in [4.78, 5) is 0. The van der Waals surface area contributed by atoms with Gasteiger partial charge in [-0.15, -0.1) is 0 Å². The van der Waals surface area contributed by atoms with Crippen molar-refractivity contribution in [3.05, 3.63) is 83.4 Å². The van der Waals surface area contributed by atoms with Crippen molar-refractivity contribution in [2.75, 3.05) is 5.32 Å². The van der Waals surface area contributed by atoms with Crippen molar-refractivity contribution in [3.63, 3.8) is 0 Å². The molecule has 0 atom stereocenters. The van der Waals surface area contributed by atoms with E-state index in [1.165, 1.54) is 71.3 Å².